The number of nitrogens with one attached hydrogen (secondary N) is 2. The average Bonchev–Trinajstić information content (AvgIpc) is 3.02. The molecule has 2 aromatic heterocycles. The van der Waals surface area contributed by atoms with Crippen molar-refractivity contribution in [2.24, 2.45) is 5.92 Å². The van der Waals surface area contributed by atoms with Gasteiger partial charge >= 0.3 is 5.69 Å². The molecule has 7 heteroatoms. The molecule has 0 bridgehead atoms. The van der Waals surface area contributed by atoms with E-state index >= 15 is 0 Å². The molecule has 2 aromatic rings. The molecule has 1 unspecified atom stereocenters. The summed E-state index contributed by atoms with van der Waals surface area (Å²) in [4.78, 5) is 32.9. The quantitative estimate of drug-likeness (QED) is 0.856. The van der Waals surface area contributed by atoms with E-state index in [4.69, 9.17) is 0 Å². The number of nitrogens with zero attached hydrogens (tertiary/aromatic N) is 3. The van der Waals surface area contributed by atoms with Gasteiger partial charge in [0.2, 0.25) is 0 Å². The molecule has 1 atom stereocenters. The van der Waals surface area contributed by atoms with Gasteiger partial charge in [0.05, 0.1) is 0 Å². The lowest BCUT2D eigenvalue weighted by Crippen LogP contribution is -2.36. The zero-order valence-corrected chi connectivity index (χ0v) is 13.2. The second-order valence-electron chi connectivity index (χ2n) is 5.74. The zero-order chi connectivity index (χ0) is 16.2. The normalized spacial score (nSPS) is 17.4. The van der Waals surface area contributed by atoms with E-state index in [2.05, 4.69) is 20.2 Å². The van der Waals surface area contributed by atoms with E-state index in [9.17, 15) is 9.59 Å². The smallest absolute Gasteiger partial charge is 0.329 e. The Morgan fingerprint density at radius 3 is 2.96 bits per heavy atom. The van der Waals surface area contributed by atoms with E-state index in [1.807, 2.05) is 18.2 Å². The summed E-state index contributed by atoms with van der Waals surface area (Å²) in [6.45, 7) is 4.63. The first-order chi connectivity index (χ1) is 11.2. The lowest BCUT2D eigenvalue weighted by Gasteiger charge is -2.18. The van der Waals surface area contributed by atoms with E-state index in [0.717, 1.165) is 31.9 Å². The number of hydrogen-bond donors (Lipinski definition) is 2. The first-order valence-electron chi connectivity index (χ1n) is 7.91. The van der Waals surface area contributed by atoms with Crippen LogP contribution in [0.3, 0.4) is 0 Å². The highest BCUT2D eigenvalue weighted by Gasteiger charge is 2.23. The number of aromatic nitrogens is 3. The van der Waals surface area contributed by atoms with Gasteiger partial charge in [0.25, 0.3) is 5.56 Å². The van der Waals surface area contributed by atoms with Gasteiger partial charge in [-0.2, -0.15) is 0 Å². The molecule has 0 saturated carbocycles. The molecule has 1 fully saturated rings. The number of H-pyrrole nitrogens is 1. The molecule has 0 radical (unpaired) electrons. The summed E-state index contributed by atoms with van der Waals surface area (Å²) in [6, 6.07) is 7.29. The molecule has 3 heterocycles. The maximum Gasteiger partial charge on any atom is 0.329 e. The molecule has 7 nitrogen and oxygen atoms in total. The van der Waals surface area contributed by atoms with Crippen LogP contribution in [0.25, 0.3) is 0 Å². The SMILES string of the molecule is CCn1c(=O)cc(N2CCC(CNc3ccccn3)C2)[nH]c1=O. The average molecular weight is 315 g/mol. The van der Waals surface area contributed by atoms with Crippen LogP contribution >= 0.6 is 0 Å². The third-order valence-electron chi connectivity index (χ3n) is 4.19. The van der Waals surface area contributed by atoms with E-state index < -0.39 is 0 Å². The van der Waals surface area contributed by atoms with Crippen LogP contribution in [0.2, 0.25) is 0 Å². The van der Waals surface area contributed by atoms with Crippen LogP contribution < -0.4 is 21.5 Å². The van der Waals surface area contributed by atoms with Crippen molar-refractivity contribution in [3.63, 3.8) is 0 Å². The van der Waals surface area contributed by atoms with Gasteiger partial charge in [0.1, 0.15) is 11.6 Å². The van der Waals surface area contributed by atoms with Crippen LogP contribution in [0.15, 0.2) is 40.1 Å². The van der Waals surface area contributed by atoms with Gasteiger partial charge in [-0.05, 0) is 31.4 Å². The van der Waals surface area contributed by atoms with Gasteiger partial charge < -0.3 is 10.2 Å². The standard InChI is InChI=1S/C16H21N5O2/c1-2-21-15(22)9-14(19-16(21)23)20-8-6-12(11-20)10-18-13-5-3-4-7-17-13/h3-5,7,9,12H,2,6,8,10-11H2,1H3,(H,17,18)(H,19,23). The highest BCUT2D eigenvalue weighted by molar-refractivity contribution is 5.39. The predicted octanol–water partition coefficient (Wildman–Crippen LogP) is 0.890. The largest absolute Gasteiger partial charge is 0.370 e. The van der Waals surface area contributed by atoms with E-state index in [-0.39, 0.29) is 11.2 Å². The molecule has 3 rings (SSSR count). The minimum absolute atomic E-state index is 0.249. The maximum absolute atomic E-state index is 11.9. The van der Waals surface area contributed by atoms with Crippen molar-refractivity contribution in [2.75, 3.05) is 29.9 Å². The number of aromatic amines is 1. The third kappa shape index (κ3) is 3.44. The lowest BCUT2D eigenvalue weighted by atomic mass is 10.1. The van der Waals surface area contributed by atoms with Crippen LogP contribution in [0.1, 0.15) is 13.3 Å². The molecule has 1 aliphatic heterocycles. The molecule has 1 saturated heterocycles. The van der Waals surface area contributed by atoms with Gasteiger partial charge in [-0.25, -0.2) is 9.78 Å². The number of pyridine rings is 1. The Balaban J connectivity index is 1.64. The van der Waals surface area contributed by atoms with Crippen LogP contribution in [-0.2, 0) is 6.54 Å². The van der Waals surface area contributed by atoms with Crippen LogP contribution in [0, 0.1) is 5.92 Å². The Bertz CT molecular complexity index is 737. The summed E-state index contributed by atoms with van der Waals surface area (Å²) >= 11 is 0. The Kier molecular flexibility index (Phi) is 4.45. The van der Waals surface area contributed by atoms with Crippen molar-refractivity contribution in [3.05, 3.63) is 51.3 Å². The zero-order valence-electron chi connectivity index (χ0n) is 13.2. The van der Waals surface area contributed by atoms with Gasteiger partial charge in [-0.15, -0.1) is 0 Å². The predicted molar refractivity (Wildman–Crippen MR) is 90.0 cm³/mol. The topological polar surface area (TPSA) is 83.0 Å². The molecule has 0 aliphatic carbocycles. The minimum Gasteiger partial charge on any atom is -0.370 e. The first-order valence-corrected chi connectivity index (χ1v) is 7.91. The Hall–Kier alpha value is -2.57. The van der Waals surface area contributed by atoms with E-state index in [0.29, 0.717) is 18.3 Å². The van der Waals surface area contributed by atoms with Gasteiger partial charge in [-0.1, -0.05) is 6.07 Å². The van der Waals surface area contributed by atoms with Crippen molar-refractivity contribution < 1.29 is 0 Å². The molecule has 0 aromatic carbocycles. The van der Waals surface area contributed by atoms with Crippen LogP contribution in [0.4, 0.5) is 11.6 Å². The minimum atomic E-state index is -0.343. The fourth-order valence-corrected chi connectivity index (χ4v) is 2.91. The summed E-state index contributed by atoms with van der Waals surface area (Å²) in [7, 11) is 0. The monoisotopic (exact) mass is 315 g/mol. The van der Waals surface area contributed by atoms with Crippen molar-refractivity contribution >= 4 is 11.6 Å². The second kappa shape index (κ2) is 6.68. The summed E-state index contributed by atoms with van der Waals surface area (Å²) in [5.74, 6) is 1.93. The molecular weight excluding hydrogens is 294 g/mol. The summed E-state index contributed by atoms with van der Waals surface area (Å²) in [6.07, 6.45) is 2.77. The van der Waals surface area contributed by atoms with Crippen LogP contribution in [0.5, 0.6) is 0 Å². The van der Waals surface area contributed by atoms with Gasteiger partial charge in [0.15, 0.2) is 0 Å². The third-order valence-corrected chi connectivity index (χ3v) is 4.19. The van der Waals surface area contributed by atoms with Crippen molar-refractivity contribution in [2.45, 2.75) is 19.9 Å². The maximum atomic E-state index is 11.9. The number of anilines is 2. The fraction of sp³-hybridized carbons (Fsp3) is 0.438. The molecule has 23 heavy (non-hydrogen) atoms. The first kappa shape index (κ1) is 15.3. The molecule has 0 amide bonds. The molecule has 1 aliphatic rings. The fourth-order valence-electron chi connectivity index (χ4n) is 2.91. The molecule has 2 N–H and O–H groups in total. The van der Waals surface area contributed by atoms with Gasteiger partial charge in [0, 0.05) is 38.4 Å². The van der Waals surface area contributed by atoms with E-state index in [1.54, 1.807) is 13.1 Å². The van der Waals surface area contributed by atoms with Gasteiger partial charge in [-0.3, -0.25) is 14.3 Å². The Morgan fingerprint density at radius 2 is 2.26 bits per heavy atom. The summed E-state index contributed by atoms with van der Waals surface area (Å²) in [5.41, 5.74) is -0.591. The molecular formula is C16H21N5O2. The summed E-state index contributed by atoms with van der Waals surface area (Å²) in [5, 5.41) is 3.32. The van der Waals surface area contributed by atoms with E-state index in [1.165, 1.54) is 10.6 Å². The highest BCUT2D eigenvalue weighted by Crippen LogP contribution is 2.20. The second-order valence-corrected chi connectivity index (χ2v) is 5.74. The lowest BCUT2D eigenvalue weighted by molar-refractivity contribution is 0.619. The van der Waals surface area contributed by atoms with Crippen molar-refractivity contribution in [1.82, 2.24) is 14.5 Å². The van der Waals surface area contributed by atoms with Crippen molar-refractivity contribution in [3.8, 4) is 0 Å². The Morgan fingerprint density at radius 1 is 1.39 bits per heavy atom. The summed E-state index contributed by atoms with van der Waals surface area (Å²) < 4.78 is 1.19. The Labute approximate surface area is 134 Å². The highest BCUT2D eigenvalue weighted by atomic mass is 16.2. The molecule has 122 valence electrons. The van der Waals surface area contributed by atoms with Crippen molar-refractivity contribution in [1.29, 1.82) is 0 Å². The number of hydrogen-bond acceptors (Lipinski definition) is 5. The van der Waals surface area contributed by atoms with Crippen LogP contribution in [-0.4, -0.2) is 34.2 Å². The number of rotatable bonds is 5. The molecule has 0 spiro atoms.